The number of carbonyl (C=O) groups excluding carboxylic acids is 3. The Morgan fingerprint density at radius 2 is 1.76 bits per heavy atom. The van der Waals surface area contributed by atoms with Gasteiger partial charge in [0.1, 0.15) is 0 Å². The fourth-order valence-electron chi connectivity index (χ4n) is 4.04. The zero-order valence-corrected chi connectivity index (χ0v) is 17.4. The Bertz CT molecular complexity index is 589. The number of rotatable bonds is 8. The van der Waals surface area contributed by atoms with Crippen LogP contribution in [0.4, 0.5) is 4.79 Å². The molecular formula is C20H35N5O4. The van der Waals surface area contributed by atoms with Gasteiger partial charge in [0.05, 0.1) is 12.1 Å². The van der Waals surface area contributed by atoms with Gasteiger partial charge in [-0.3, -0.25) is 9.59 Å². The second kappa shape index (κ2) is 11.7. The maximum atomic E-state index is 12.2. The SMILES string of the molecule is CC[C@@H](/C=N/NC(=O)NCC1CCC(C(=O)NC)CC1)NC(=O)[C@H]1CC[C@H](O)C1. The highest BCUT2D eigenvalue weighted by Gasteiger charge is 2.29. The van der Waals surface area contributed by atoms with Crippen molar-refractivity contribution in [1.82, 2.24) is 21.4 Å². The summed E-state index contributed by atoms with van der Waals surface area (Å²) in [6.07, 6.45) is 7.20. The summed E-state index contributed by atoms with van der Waals surface area (Å²) in [5, 5.41) is 21.9. The molecule has 0 aliphatic heterocycles. The van der Waals surface area contributed by atoms with Gasteiger partial charge in [-0.2, -0.15) is 5.10 Å². The average molecular weight is 410 g/mol. The number of aliphatic hydroxyl groups excluding tert-OH is 1. The number of urea groups is 1. The standard InChI is InChI=1S/C20H35N5O4/c1-3-16(24-19(28)15-8-9-17(26)10-15)12-23-25-20(29)22-11-13-4-6-14(7-5-13)18(27)21-2/h12-17,26H,3-11H2,1-2H3,(H,21,27)(H,24,28)(H2,22,25,29)/b23-12+/t13?,14?,15-,16-,17-/m0/s1. The summed E-state index contributed by atoms with van der Waals surface area (Å²) in [5.41, 5.74) is 2.44. The Morgan fingerprint density at radius 1 is 1.07 bits per heavy atom. The molecule has 0 unspecified atom stereocenters. The summed E-state index contributed by atoms with van der Waals surface area (Å²) in [6, 6.07) is -0.643. The Hall–Kier alpha value is -2.16. The van der Waals surface area contributed by atoms with Crippen molar-refractivity contribution in [1.29, 1.82) is 0 Å². The molecule has 0 bridgehead atoms. The monoisotopic (exact) mass is 409 g/mol. The largest absolute Gasteiger partial charge is 0.393 e. The van der Waals surface area contributed by atoms with E-state index in [1.54, 1.807) is 7.05 Å². The number of hydrazone groups is 1. The molecule has 9 heteroatoms. The minimum absolute atomic E-state index is 0.0725. The fourth-order valence-corrected chi connectivity index (χ4v) is 4.04. The van der Waals surface area contributed by atoms with Crippen LogP contribution in [0.1, 0.15) is 58.3 Å². The van der Waals surface area contributed by atoms with Crippen LogP contribution in [0.25, 0.3) is 0 Å². The molecule has 0 saturated heterocycles. The molecule has 0 spiro atoms. The van der Waals surface area contributed by atoms with Gasteiger partial charge in [0.2, 0.25) is 11.8 Å². The van der Waals surface area contributed by atoms with Crippen molar-refractivity contribution in [2.45, 2.75) is 70.4 Å². The van der Waals surface area contributed by atoms with Crippen LogP contribution in [0.5, 0.6) is 0 Å². The third kappa shape index (κ3) is 7.64. The van der Waals surface area contributed by atoms with E-state index >= 15 is 0 Å². The van der Waals surface area contributed by atoms with Crippen molar-refractivity contribution in [2.24, 2.45) is 22.9 Å². The molecule has 9 nitrogen and oxygen atoms in total. The van der Waals surface area contributed by atoms with Crippen LogP contribution < -0.4 is 21.4 Å². The number of aliphatic hydroxyl groups is 1. The maximum Gasteiger partial charge on any atom is 0.335 e. The summed E-state index contributed by atoms with van der Waals surface area (Å²) in [7, 11) is 1.66. The number of nitrogens with one attached hydrogen (secondary N) is 4. The van der Waals surface area contributed by atoms with E-state index < -0.39 is 0 Å². The minimum atomic E-state index is -0.385. The number of hydrogen-bond donors (Lipinski definition) is 5. The lowest BCUT2D eigenvalue weighted by Gasteiger charge is -2.27. The van der Waals surface area contributed by atoms with Gasteiger partial charge in [0.15, 0.2) is 0 Å². The Kier molecular flexibility index (Phi) is 9.37. The van der Waals surface area contributed by atoms with E-state index in [2.05, 4.69) is 26.5 Å². The lowest BCUT2D eigenvalue weighted by Crippen LogP contribution is -2.40. The van der Waals surface area contributed by atoms with Crippen LogP contribution in [0, 0.1) is 17.8 Å². The summed E-state index contributed by atoms with van der Waals surface area (Å²) < 4.78 is 0. The highest BCUT2D eigenvalue weighted by atomic mass is 16.3. The average Bonchev–Trinajstić information content (AvgIpc) is 3.17. The molecule has 2 aliphatic carbocycles. The number of nitrogens with zero attached hydrogens (tertiary/aromatic N) is 1. The van der Waals surface area contributed by atoms with Crippen molar-refractivity contribution in [3.63, 3.8) is 0 Å². The second-order valence-corrected chi connectivity index (χ2v) is 8.12. The predicted molar refractivity (Wildman–Crippen MR) is 110 cm³/mol. The molecule has 164 valence electrons. The van der Waals surface area contributed by atoms with Crippen LogP contribution in [-0.4, -0.2) is 54.9 Å². The molecule has 0 radical (unpaired) electrons. The Morgan fingerprint density at radius 3 is 2.34 bits per heavy atom. The molecule has 29 heavy (non-hydrogen) atoms. The third-order valence-corrected chi connectivity index (χ3v) is 5.98. The Labute approximate surface area is 172 Å². The van der Waals surface area contributed by atoms with Crippen molar-refractivity contribution in [3.8, 4) is 0 Å². The van der Waals surface area contributed by atoms with Crippen LogP contribution >= 0.6 is 0 Å². The van der Waals surface area contributed by atoms with Gasteiger partial charge in [-0.25, -0.2) is 10.2 Å². The molecule has 0 aromatic carbocycles. The van der Waals surface area contributed by atoms with Gasteiger partial charge in [-0.15, -0.1) is 0 Å². The summed E-state index contributed by atoms with van der Waals surface area (Å²) in [5.74, 6) is 0.336. The molecule has 0 aromatic rings. The van der Waals surface area contributed by atoms with Gasteiger partial charge in [-0.05, 0) is 57.3 Å². The van der Waals surface area contributed by atoms with Crippen molar-refractivity contribution in [3.05, 3.63) is 0 Å². The molecule has 3 atom stereocenters. The zero-order valence-electron chi connectivity index (χ0n) is 17.4. The fraction of sp³-hybridized carbons (Fsp3) is 0.800. The molecule has 2 fully saturated rings. The zero-order chi connectivity index (χ0) is 21.2. The lowest BCUT2D eigenvalue weighted by molar-refractivity contribution is -0.126. The van der Waals surface area contributed by atoms with Crippen molar-refractivity contribution >= 4 is 24.1 Å². The molecule has 5 N–H and O–H groups in total. The van der Waals surface area contributed by atoms with Crippen LogP contribution in [0.15, 0.2) is 5.10 Å². The maximum absolute atomic E-state index is 12.2. The number of carbonyl (C=O) groups is 3. The second-order valence-electron chi connectivity index (χ2n) is 8.12. The van der Waals surface area contributed by atoms with Gasteiger partial charge < -0.3 is 21.1 Å². The third-order valence-electron chi connectivity index (χ3n) is 5.98. The van der Waals surface area contributed by atoms with E-state index in [0.717, 1.165) is 25.7 Å². The Balaban J connectivity index is 1.64. The number of hydrogen-bond acceptors (Lipinski definition) is 5. The summed E-state index contributed by atoms with van der Waals surface area (Å²) in [6.45, 7) is 2.48. The summed E-state index contributed by atoms with van der Waals surface area (Å²) in [4.78, 5) is 35.8. The predicted octanol–water partition coefficient (Wildman–Crippen LogP) is 0.880. The number of amides is 4. The molecule has 0 heterocycles. The van der Waals surface area contributed by atoms with E-state index in [0.29, 0.717) is 38.1 Å². The highest BCUT2D eigenvalue weighted by Crippen LogP contribution is 2.28. The molecule has 4 amide bonds. The summed E-state index contributed by atoms with van der Waals surface area (Å²) >= 11 is 0. The van der Waals surface area contributed by atoms with E-state index in [1.807, 2.05) is 6.92 Å². The van der Waals surface area contributed by atoms with Crippen LogP contribution in [0.2, 0.25) is 0 Å². The van der Waals surface area contributed by atoms with Crippen molar-refractivity contribution < 1.29 is 19.5 Å². The highest BCUT2D eigenvalue weighted by molar-refractivity contribution is 5.83. The van der Waals surface area contributed by atoms with Gasteiger partial charge in [0, 0.05) is 31.6 Å². The smallest absolute Gasteiger partial charge is 0.335 e. The van der Waals surface area contributed by atoms with E-state index in [-0.39, 0.29) is 41.8 Å². The first-order valence-corrected chi connectivity index (χ1v) is 10.7. The normalized spacial score (nSPS) is 28.0. The quantitative estimate of drug-likeness (QED) is 0.301. The lowest BCUT2D eigenvalue weighted by atomic mass is 9.81. The molecular weight excluding hydrogens is 374 g/mol. The first-order chi connectivity index (χ1) is 13.9. The van der Waals surface area contributed by atoms with Gasteiger partial charge in [0.25, 0.3) is 0 Å². The first kappa shape index (κ1) is 23.1. The van der Waals surface area contributed by atoms with E-state index in [1.165, 1.54) is 6.21 Å². The van der Waals surface area contributed by atoms with Gasteiger partial charge >= 0.3 is 6.03 Å². The van der Waals surface area contributed by atoms with Crippen molar-refractivity contribution in [2.75, 3.05) is 13.6 Å². The van der Waals surface area contributed by atoms with Crippen LogP contribution in [-0.2, 0) is 9.59 Å². The van der Waals surface area contributed by atoms with Crippen LogP contribution in [0.3, 0.4) is 0 Å². The molecule has 0 aromatic heterocycles. The molecule has 2 rings (SSSR count). The topological polar surface area (TPSA) is 132 Å². The molecule has 2 aliphatic rings. The van der Waals surface area contributed by atoms with E-state index in [9.17, 15) is 19.5 Å². The first-order valence-electron chi connectivity index (χ1n) is 10.7. The van der Waals surface area contributed by atoms with E-state index in [4.69, 9.17) is 0 Å². The van der Waals surface area contributed by atoms with Gasteiger partial charge in [-0.1, -0.05) is 6.92 Å². The minimum Gasteiger partial charge on any atom is -0.393 e. The molecule has 2 saturated carbocycles.